The Morgan fingerprint density at radius 2 is 1.78 bits per heavy atom. The maximum absolute atomic E-state index is 13.5. The predicted molar refractivity (Wildman–Crippen MR) is 131 cm³/mol. The molecule has 2 amide bonds. The van der Waals surface area contributed by atoms with Crippen molar-refractivity contribution in [2.45, 2.75) is 32.3 Å². The molecule has 174 valence electrons. The number of halogens is 3. The highest BCUT2D eigenvalue weighted by molar-refractivity contribution is 6.35. The fraction of sp³-hybridized carbons (Fsp3) is 0.391. The summed E-state index contributed by atoms with van der Waals surface area (Å²) in [5.74, 6) is -1.20. The van der Waals surface area contributed by atoms with Crippen LogP contribution in [0.15, 0.2) is 36.4 Å². The van der Waals surface area contributed by atoms with Crippen molar-refractivity contribution in [1.82, 2.24) is 4.90 Å². The van der Waals surface area contributed by atoms with Crippen molar-refractivity contribution < 1.29 is 14.7 Å². The van der Waals surface area contributed by atoms with E-state index in [4.69, 9.17) is 28.9 Å². The number of amides is 2. The summed E-state index contributed by atoms with van der Waals surface area (Å²) >= 11 is 12.8. The van der Waals surface area contributed by atoms with Gasteiger partial charge in [-0.1, -0.05) is 55.2 Å². The molecule has 2 aromatic carbocycles. The number of rotatable bonds is 9. The molecule has 3 N–H and O–H groups in total. The molecule has 1 aliphatic rings. The van der Waals surface area contributed by atoms with Crippen LogP contribution in [-0.2, 0) is 10.4 Å². The van der Waals surface area contributed by atoms with Crippen LogP contribution < -0.4 is 10.6 Å². The van der Waals surface area contributed by atoms with Crippen molar-refractivity contribution in [3.05, 3.63) is 63.1 Å². The maximum Gasteiger partial charge on any atom is 0.268 e. The van der Waals surface area contributed by atoms with Gasteiger partial charge in [0.15, 0.2) is 5.60 Å². The van der Waals surface area contributed by atoms with Gasteiger partial charge in [-0.2, -0.15) is 0 Å². The Balaban J connectivity index is 0.00000363. The number of nitrogens with zero attached hydrogens (tertiary/aromatic N) is 2. The highest BCUT2D eigenvalue weighted by Crippen LogP contribution is 2.49. The van der Waals surface area contributed by atoms with Gasteiger partial charge in [0.1, 0.15) is 0 Å². The van der Waals surface area contributed by atoms with E-state index in [0.717, 1.165) is 32.5 Å². The third kappa shape index (κ3) is 4.75. The fourth-order valence-corrected chi connectivity index (χ4v) is 4.71. The number of benzene rings is 2. The molecule has 1 heterocycles. The van der Waals surface area contributed by atoms with Crippen LogP contribution >= 0.6 is 35.6 Å². The second-order valence-electron chi connectivity index (χ2n) is 7.60. The summed E-state index contributed by atoms with van der Waals surface area (Å²) in [7, 11) is 0. The molecule has 1 unspecified atom stereocenters. The standard InChI is InChI=1S/C23H27Cl2N3O3.ClH/c1-3-27(4-2)11-7-8-12-28-19-14-15(21(26)29)13-18(25)20(19)23(31,22(28)30)16-9-5-6-10-17(16)24;/h5-6,9-10,13-14,31H,3-4,7-8,11-12H2,1-2H3,(H2,26,29);1H. The quantitative estimate of drug-likeness (QED) is 0.505. The lowest BCUT2D eigenvalue weighted by Crippen LogP contribution is -2.42. The van der Waals surface area contributed by atoms with E-state index in [1.807, 2.05) is 0 Å². The Bertz CT molecular complexity index is 998. The van der Waals surface area contributed by atoms with E-state index in [1.54, 1.807) is 24.3 Å². The SMILES string of the molecule is CCN(CC)CCCCN1C(=O)C(O)(c2ccccc2Cl)c2c(Cl)cc(C(N)=O)cc21.Cl. The zero-order chi connectivity index (χ0) is 22.8. The lowest BCUT2D eigenvalue weighted by Gasteiger charge is -2.25. The minimum atomic E-state index is -2.04. The van der Waals surface area contributed by atoms with Gasteiger partial charge >= 0.3 is 0 Å². The van der Waals surface area contributed by atoms with E-state index in [2.05, 4.69) is 18.7 Å². The summed E-state index contributed by atoms with van der Waals surface area (Å²) in [6.07, 6.45) is 1.60. The average molecular weight is 501 g/mol. The first-order valence-corrected chi connectivity index (χ1v) is 11.2. The smallest absolute Gasteiger partial charge is 0.268 e. The summed E-state index contributed by atoms with van der Waals surface area (Å²) in [6, 6.07) is 9.53. The van der Waals surface area contributed by atoms with Crippen LogP contribution in [0.4, 0.5) is 5.69 Å². The second-order valence-corrected chi connectivity index (χ2v) is 8.41. The fourth-order valence-electron chi connectivity index (χ4n) is 4.09. The first-order chi connectivity index (χ1) is 14.7. The highest BCUT2D eigenvalue weighted by Gasteiger charge is 2.53. The molecule has 0 radical (unpaired) electrons. The molecule has 6 nitrogen and oxygen atoms in total. The number of anilines is 1. The summed E-state index contributed by atoms with van der Waals surface area (Å²) < 4.78 is 0. The molecule has 0 aliphatic carbocycles. The predicted octanol–water partition coefficient (Wildman–Crippen LogP) is 4.22. The van der Waals surface area contributed by atoms with Crippen LogP contribution in [0.25, 0.3) is 0 Å². The Hall–Kier alpha value is -1.83. The van der Waals surface area contributed by atoms with Gasteiger partial charge in [-0.05, 0) is 50.7 Å². The number of unbranched alkanes of at least 4 members (excludes halogenated alkanes) is 1. The van der Waals surface area contributed by atoms with E-state index in [1.165, 1.54) is 17.0 Å². The largest absolute Gasteiger partial charge is 0.372 e. The van der Waals surface area contributed by atoms with Crippen molar-refractivity contribution >= 4 is 53.1 Å². The average Bonchev–Trinajstić information content (AvgIpc) is 2.96. The lowest BCUT2D eigenvalue weighted by atomic mass is 9.87. The Kier molecular flexibility index (Phi) is 8.97. The number of primary amides is 1. The summed E-state index contributed by atoms with van der Waals surface area (Å²) in [6.45, 7) is 7.44. The topological polar surface area (TPSA) is 86.9 Å². The van der Waals surface area contributed by atoms with Crippen molar-refractivity contribution in [3.63, 3.8) is 0 Å². The van der Waals surface area contributed by atoms with Crippen LogP contribution in [0.3, 0.4) is 0 Å². The van der Waals surface area contributed by atoms with Gasteiger partial charge in [0.05, 0.1) is 10.7 Å². The van der Waals surface area contributed by atoms with Crippen LogP contribution in [0, 0.1) is 0 Å². The van der Waals surface area contributed by atoms with Gasteiger partial charge in [-0.3, -0.25) is 9.59 Å². The van der Waals surface area contributed by atoms with Crippen molar-refractivity contribution in [2.24, 2.45) is 5.73 Å². The first-order valence-electron chi connectivity index (χ1n) is 10.4. The van der Waals surface area contributed by atoms with Crippen LogP contribution in [-0.4, -0.2) is 48.0 Å². The van der Waals surface area contributed by atoms with Crippen LogP contribution in [0.2, 0.25) is 10.0 Å². The highest BCUT2D eigenvalue weighted by atomic mass is 35.5. The second kappa shape index (κ2) is 10.9. The van der Waals surface area contributed by atoms with Crippen molar-refractivity contribution in [1.29, 1.82) is 0 Å². The summed E-state index contributed by atoms with van der Waals surface area (Å²) in [5, 5.41) is 12.0. The number of hydrogen-bond donors (Lipinski definition) is 2. The van der Waals surface area contributed by atoms with Crippen molar-refractivity contribution in [3.8, 4) is 0 Å². The molecule has 0 bridgehead atoms. The molecule has 0 saturated heterocycles. The minimum absolute atomic E-state index is 0. The normalized spacial score (nSPS) is 17.4. The molecule has 0 spiro atoms. The van der Waals surface area contributed by atoms with Gasteiger partial charge in [-0.15, -0.1) is 12.4 Å². The third-order valence-electron chi connectivity index (χ3n) is 5.83. The van der Waals surface area contributed by atoms with Crippen molar-refractivity contribution in [2.75, 3.05) is 31.1 Å². The summed E-state index contributed by atoms with van der Waals surface area (Å²) in [4.78, 5) is 29.1. The van der Waals surface area contributed by atoms with E-state index in [-0.39, 0.29) is 39.1 Å². The van der Waals surface area contributed by atoms with Gasteiger partial charge in [0.25, 0.3) is 5.91 Å². The van der Waals surface area contributed by atoms with E-state index >= 15 is 0 Å². The number of carbonyl (C=O) groups is 2. The number of carbonyl (C=O) groups excluding carboxylic acids is 2. The zero-order valence-electron chi connectivity index (χ0n) is 18.1. The van der Waals surface area contributed by atoms with Gasteiger partial charge in [0.2, 0.25) is 5.91 Å². The van der Waals surface area contributed by atoms with E-state index in [0.29, 0.717) is 12.2 Å². The number of aliphatic hydroxyl groups is 1. The molecule has 0 aromatic heterocycles. The molecular formula is C23H28Cl3N3O3. The Morgan fingerprint density at radius 3 is 2.38 bits per heavy atom. The molecule has 9 heteroatoms. The van der Waals surface area contributed by atoms with E-state index in [9.17, 15) is 14.7 Å². The van der Waals surface area contributed by atoms with E-state index < -0.39 is 17.4 Å². The monoisotopic (exact) mass is 499 g/mol. The zero-order valence-corrected chi connectivity index (χ0v) is 20.4. The van der Waals surface area contributed by atoms with Crippen LogP contribution in [0.5, 0.6) is 0 Å². The van der Waals surface area contributed by atoms with Gasteiger partial charge < -0.3 is 20.6 Å². The number of fused-ring (bicyclic) bond motifs is 1. The summed E-state index contributed by atoms with van der Waals surface area (Å²) in [5.41, 5.74) is 4.45. The molecule has 3 rings (SSSR count). The number of nitrogens with two attached hydrogens (primary N) is 1. The minimum Gasteiger partial charge on any atom is -0.372 e. The molecule has 32 heavy (non-hydrogen) atoms. The van der Waals surface area contributed by atoms with Gasteiger partial charge in [-0.25, -0.2) is 0 Å². The molecule has 0 saturated carbocycles. The first kappa shape index (κ1) is 26.4. The lowest BCUT2D eigenvalue weighted by molar-refractivity contribution is -0.132. The molecular weight excluding hydrogens is 473 g/mol. The maximum atomic E-state index is 13.5. The molecule has 0 fully saturated rings. The Morgan fingerprint density at radius 1 is 1.12 bits per heavy atom. The molecule has 2 aromatic rings. The number of hydrogen-bond acceptors (Lipinski definition) is 4. The Labute approximate surface area is 204 Å². The van der Waals surface area contributed by atoms with Gasteiger partial charge in [0, 0.05) is 28.3 Å². The third-order valence-corrected chi connectivity index (χ3v) is 6.45. The molecule has 1 aliphatic heterocycles. The van der Waals surface area contributed by atoms with Crippen LogP contribution in [0.1, 0.15) is 48.2 Å². The molecule has 1 atom stereocenters.